The van der Waals surface area contributed by atoms with Gasteiger partial charge in [-0.05, 0) is 19.1 Å². The molecule has 1 aromatic rings. The number of carbonyl (C=O) groups excluding carboxylic acids is 1. The van der Waals surface area contributed by atoms with Crippen molar-refractivity contribution in [1.29, 1.82) is 0 Å². The fourth-order valence-corrected chi connectivity index (χ4v) is 1.49. The molecule has 0 radical (unpaired) electrons. The normalized spacial score (nSPS) is 11.9. The predicted octanol–water partition coefficient (Wildman–Crippen LogP) is 0.143. The number of carbonyl (C=O) groups is 2. The molecule has 0 heterocycles. The van der Waals surface area contributed by atoms with Crippen LogP contribution >= 0.6 is 0 Å². The lowest BCUT2D eigenvalue weighted by atomic mass is 10.1. The van der Waals surface area contributed by atoms with Crippen molar-refractivity contribution in [2.45, 2.75) is 19.4 Å². The Balaban J connectivity index is 2.86. The van der Waals surface area contributed by atoms with Crippen LogP contribution in [0.3, 0.4) is 0 Å². The Morgan fingerprint density at radius 2 is 2.11 bits per heavy atom. The Bertz CT molecular complexity index is 459. The van der Waals surface area contributed by atoms with Crippen molar-refractivity contribution in [2.24, 2.45) is 0 Å². The number of nitrogen functional groups attached to an aromatic ring is 1. The molecule has 0 fully saturated rings. The molecular formula is C12H16N2O4. The number of hydrogen-bond acceptors (Lipinski definition) is 4. The zero-order valence-corrected chi connectivity index (χ0v) is 10.0. The standard InChI is InChI=1S/C12H16N2O4/c1-7-2-3-9(13)8(6-7)11(16)14-10(4-5-15)12(17)18/h2-3,6,10,15H,4-5,13H2,1H3,(H,14,16)(H,17,18)/t10-/m1/s1. The van der Waals surface area contributed by atoms with Crippen LogP contribution in [0.4, 0.5) is 5.69 Å². The molecule has 0 aromatic heterocycles. The van der Waals surface area contributed by atoms with Gasteiger partial charge in [-0.3, -0.25) is 4.79 Å². The molecule has 1 amide bonds. The predicted molar refractivity (Wildman–Crippen MR) is 66.2 cm³/mol. The molecule has 0 bridgehead atoms. The summed E-state index contributed by atoms with van der Waals surface area (Å²) < 4.78 is 0. The quantitative estimate of drug-likeness (QED) is 0.557. The SMILES string of the molecule is Cc1ccc(N)c(C(=O)N[C@H](CCO)C(=O)O)c1. The maximum absolute atomic E-state index is 11.9. The molecule has 0 aliphatic heterocycles. The Labute approximate surface area is 104 Å². The summed E-state index contributed by atoms with van der Waals surface area (Å²) in [4.78, 5) is 22.7. The first-order chi connectivity index (χ1) is 8.45. The van der Waals surface area contributed by atoms with Crippen molar-refractivity contribution in [1.82, 2.24) is 5.32 Å². The van der Waals surface area contributed by atoms with E-state index in [0.29, 0.717) is 0 Å². The van der Waals surface area contributed by atoms with Gasteiger partial charge in [0, 0.05) is 18.7 Å². The lowest BCUT2D eigenvalue weighted by Gasteiger charge is -2.14. The van der Waals surface area contributed by atoms with Gasteiger partial charge in [-0.2, -0.15) is 0 Å². The fraction of sp³-hybridized carbons (Fsp3) is 0.333. The van der Waals surface area contributed by atoms with Crippen LogP contribution in [0.5, 0.6) is 0 Å². The smallest absolute Gasteiger partial charge is 0.326 e. The number of anilines is 1. The zero-order valence-electron chi connectivity index (χ0n) is 10.0. The van der Waals surface area contributed by atoms with E-state index < -0.39 is 17.9 Å². The first kappa shape index (κ1) is 14.0. The number of aryl methyl sites for hydroxylation is 1. The second-order valence-electron chi connectivity index (χ2n) is 3.97. The molecule has 18 heavy (non-hydrogen) atoms. The molecule has 0 unspecified atom stereocenters. The third-order valence-electron chi connectivity index (χ3n) is 2.47. The number of aliphatic hydroxyl groups is 1. The maximum Gasteiger partial charge on any atom is 0.326 e. The van der Waals surface area contributed by atoms with Crippen LogP contribution in [-0.2, 0) is 4.79 Å². The molecule has 1 atom stereocenters. The number of nitrogens with one attached hydrogen (secondary N) is 1. The summed E-state index contributed by atoms with van der Waals surface area (Å²) in [6.07, 6.45) is -0.0488. The molecule has 0 saturated carbocycles. The highest BCUT2D eigenvalue weighted by atomic mass is 16.4. The average molecular weight is 252 g/mol. The first-order valence-corrected chi connectivity index (χ1v) is 5.46. The van der Waals surface area contributed by atoms with Gasteiger partial charge in [0.25, 0.3) is 5.91 Å². The summed E-state index contributed by atoms with van der Waals surface area (Å²) in [5.74, 6) is -1.75. The molecule has 98 valence electrons. The van der Waals surface area contributed by atoms with E-state index in [0.717, 1.165) is 5.56 Å². The minimum atomic E-state index is -1.19. The van der Waals surface area contributed by atoms with Gasteiger partial charge in [0.1, 0.15) is 6.04 Å². The summed E-state index contributed by atoms with van der Waals surface area (Å²) in [6, 6.07) is 3.81. The van der Waals surface area contributed by atoms with Crippen LogP contribution in [0.15, 0.2) is 18.2 Å². The van der Waals surface area contributed by atoms with E-state index in [1.807, 2.05) is 0 Å². The molecule has 0 spiro atoms. The Kier molecular flexibility index (Phi) is 4.67. The topological polar surface area (TPSA) is 113 Å². The lowest BCUT2D eigenvalue weighted by molar-refractivity contribution is -0.139. The van der Waals surface area contributed by atoms with Gasteiger partial charge in [0.15, 0.2) is 0 Å². The van der Waals surface area contributed by atoms with E-state index in [-0.39, 0.29) is 24.3 Å². The van der Waals surface area contributed by atoms with Crippen LogP contribution in [0, 0.1) is 6.92 Å². The number of carboxylic acid groups (broad SMARTS) is 1. The second-order valence-corrected chi connectivity index (χ2v) is 3.97. The molecule has 1 rings (SSSR count). The zero-order chi connectivity index (χ0) is 13.7. The number of aliphatic hydroxyl groups excluding tert-OH is 1. The van der Waals surface area contributed by atoms with E-state index in [1.165, 1.54) is 0 Å². The van der Waals surface area contributed by atoms with Crippen LogP contribution in [0.1, 0.15) is 22.3 Å². The van der Waals surface area contributed by atoms with E-state index >= 15 is 0 Å². The number of rotatable bonds is 5. The largest absolute Gasteiger partial charge is 0.480 e. The third kappa shape index (κ3) is 3.46. The molecule has 5 N–H and O–H groups in total. The summed E-state index contributed by atoms with van der Waals surface area (Å²) in [5, 5.41) is 19.9. The van der Waals surface area contributed by atoms with E-state index in [1.54, 1.807) is 25.1 Å². The molecule has 0 saturated heterocycles. The maximum atomic E-state index is 11.9. The molecule has 6 nitrogen and oxygen atoms in total. The van der Waals surface area contributed by atoms with Gasteiger partial charge in [-0.15, -0.1) is 0 Å². The summed E-state index contributed by atoms with van der Waals surface area (Å²) in [6.45, 7) is 1.49. The van der Waals surface area contributed by atoms with Crippen LogP contribution < -0.4 is 11.1 Å². The lowest BCUT2D eigenvalue weighted by Crippen LogP contribution is -2.41. The molecular weight excluding hydrogens is 236 g/mol. The van der Waals surface area contributed by atoms with Gasteiger partial charge < -0.3 is 21.3 Å². The Morgan fingerprint density at radius 3 is 2.67 bits per heavy atom. The highest BCUT2D eigenvalue weighted by Gasteiger charge is 2.21. The summed E-state index contributed by atoms with van der Waals surface area (Å²) >= 11 is 0. The van der Waals surface area contributed by atoms with E-state index in [2.05, 4.69) is 5.32 Å². The minimum Gasteiger partial charge on any atom is -0.480 e. The molecule has 6 heteroatoms. The Morgan fingerprint density at radius 1 is 1.44 bits per heavy atom. The number of nitrogens with two attached hydrogens (primary N) is 1. The van der Waals surface area contributed by atoms with Crippen molar-refractivity contribution < 1.29 is 19.8 Å². The van der Waals surface area contributed by atoms with Crippen LogP contribution in [0.2, 0.25) is 0 Å². The minimum absolute atomic E-state index is 0.0488. The van der Waals surface area contributed by atoms with Crippen molar-refractivity contribution in [3.63, 3.8) is 0 Å². The summed E-state index contributed by atoms with van der Waals surface area (Å²) in [7, 11) is 0. The first-order valence-electron chi connectivity index (χ1n) is 5.46. The number of aliphatic carboxylic acids is 1. The highest BCUT2D eigenvalue weighted by molar-refractivity contribution is 6.01. The molecule has 1 aromatic carbocycles. The van der Waals surface area contributed by atoms with E-state index in [4.69, 9.17) is 15.9 Å². The fourth-order valence-electron chi connectivity index (χ4n) is 1.49. The number of hydrogen-bond donors (Lipinski definition) is 4. The average Bonchev–Trinajstić information content (AvgIpc) is 2.31. The highest BCUT2D eigenvalue weighted by Crippen LogP contribution is 2.13. The van der Waals surface area contributed by atoms with Gasteiger partial charge in [0.2, 0.25) is 0 Å². The van der Waals surface area contributed by atoms with Crippen LogP contribution in [-0.4, -0.2) is 34.7 Å². The van der Waals surface area contributed by atoms with Crippen molar-refractivity contribution in [2.75, 3.05) is 12.3 Å². The van der Waals surface area contributed by atoms with Crippen molar-refractivity contribution in [3.8, 4) is 0 Å². The van der Waals surface area contributed by atoms with E-state index in [9.17, 15) is 9.59 Å². The van der Waals surface area contributed by atoms with Gasteiger partial charge in [-0.25, -0.2) is 4.79 Å². The van der Waals surface area contributed by atoms with Crippen LogP contribution in [0.25, 0.3) is 0 Å². The molecule has 0 aliphatic carbocycles. The van der Waals surface area contributed by atoms with Crippen molar-refractivity contribution >= 4 is 17.6 Å². The van der Waals surface area contributed by atoms with Gasteiger partial charge >= 0.3 is 5.97 Å². The van der Waals surface area contributed by atoms with Crippen molar-refractivity contribution in [3.05, 3.63) is 29.3 Å². The third-order valence-corrected chi connectivity index (χ3v) is 2.47. The van der Waals surface area contributed by atoms with Gasteiger partial charge in [-0.1, -0.05) is 11.6 Å². The summed E-state index contributed by atoms with van der Waals surface area (Å²) in [5.41, 5.74) is 7.03. The monoisotopic (exact) mass is 252 g/mol. The number of benzene rings is 1. The Hall–Kier alpha value is -2.08. The second kappa shape index (κ2) is 6.02. The molecule has 0 aliphatic rings. The van der Waals surface area contributed by atoms with Gasteiger partial charge in [0.05, 0.1) is 5.56 Å². The number of carboxylic acids is 1. The number of amides is 1.